The number of aryl methyl sites for hydroxylation is 2. The molecule has 5 fully saturated rings. The third-order valence-corrected chi connectivity index (χ3v) is 17.3. The molecule has 8 aromatic rings. The van der Waals surface area contributed by atoms with E-state index < -0.39 is 0 Å². The van der Waals surface area contributed by atoms with Gasteiger partial charge in [0.25, 0.3) is 0 Å². The fourth-order valence-electron chi connectivity index (χ4n) is 15.8. The Kier molecular flexibility index (Phi) is 4.72. The van der Waals surface area contributed by atoms with Crippen molar-refractivity contribution in [1.29, 1.82) is 0 Å². The first-order valence-corrected chi connectivity index (χ1v) is 21.0. The van der Waals surface area contributed by atoms with E-state index in [4.69, 9.17) is 14.4 Å². The standard InChI is InChI=1S/C49H43N3O/c1-22-6-5-7-23(2)36(22)44-43-40-33(20-50-45-27-13-24-10-25(14-27)12-26(11-24)37(40)45)52-34-21-51-46-29-16-31-17-30-15-28(18-49(30,31)19-29)38(46)41(34)42(47(43)52)39-32-8-3-4-9-35(32)53-48(39)44/h3-9,20-21,24-31H,10-19H2,1-2H3. The monoisotopic (exact) mass is 689 g/mol. The Hall–Kier alpha value is -4.44. The van der Waals surface area contributed by atoms with E-state index in [-0.39, 0.29) is 0 Å². The zero-order valence-electron chi connectivity index (χ0n) is 30.6. The maximum Gasteiger partial charge on any atom is 0.144 e. The third kappa shape index (κ3) is 3.03. The van der Waals surface area contributed by atoms with Crippen LogP contribution in [-0.4, -0.2) is 14.4 Å². The number of nitrogens with zero attached hydrogens (tertiary/aromatic N) is 3. The van der Waals surface area contributed by atoms with Gasteiger partial charge < -0.3 is 8.82 Å². The normalized spacial score (nSPS) is 33.2. The van der Waals surface area contributed by atoms with E-state index in [9.17, 15) is 0 Å². The Bertz CT molecular complexity index is 2980. The molecular weight excluding hydrogens is 647 g/mol. The Morgan fingerprint density at radius 2 is 1.26 bits per heavy atom. The topological polar surface area (TPSA) is 43.3 Å². The van der Waals surface area contributed by atoms with Crippen molar-refractivity contribution in [2.75, 3.05) is 0 Å². The highest BCUT2D eigenvalue weighted by atomic mass is 16.3. The zero-order chi connectivity index (χ0) is 34.2. The highest BCUT2D eigenvalue weighted by molar-refractivity contribution is 6.39. The van der Waals surface area contributed by atoms with Gasteiger partial charge in [0.15, 0.2) is 0 Å². The van der Waals surface area contributed by atoms with Crippen LogP contribution >= 0.6 is 0 Å². The van der Waals surface area contributed by atoms with Crippen LogP contribution in [0.2, 0.25) is 0 Å². The van der Waals surface area contributed by atoms with Crippen LogP contribution in [0.15, 0.2) is 59.3 Å². The number of hydrogen-bond acceptors (Lipinski definition) is 3. The first kappa shape index (κ1) is 28.1. The Balaban J connectivity index is 1.22. The van der Waals surface area contributed by atoms with Gasteiger partial charge in [0.2, 0.25) is 0 Å². The molecule has 4 heteroatoms. The SMILES string of the molecule is Cc1cccc(C)c1-c1c2oc3ccccc3c2c2c3c4c(ncc3n3c5cnc6c(c5c1c23)C1CC2CC(CC6C2)C1)C1CC2CC3CC4CC23C1. The van der Waals surface area contributed by atoms with E-state index in [1.54, 1.807) is 11.1 Å². The van der Waals surface area contributed by atoms with Crippen LogP contribution in [0.5, 0.6) is 0 Å². The fraction of sp³-hybridized carbons (Fsp3) is 0.429. The summed E-state index contributed by atoms with van der Waals surface area (Å²) in [5.41, 5.74) is 18.0. The Labute approximate surface area is 308 Å². The van der Waals surface area contributed by atoms with E-state index in [0.29, 0.717) is 29.1 Å². The minimum absolute atomic E-state index is 0.581. The van der Waals surface area contributed by atoms with E-state index in [2.05, 4.69) is 73.1 Å². The maximum absolute atomic E-state index is 7.30. The van der Waals surface area contributed by atoms with Crippen LogP contribution in [0.25, 0.3) is 71.2 Å². The van der Waals surface area contributed by atoms with Gasteiger partial charge in [0.1, 0.15) is 11.2 Å². The van der Waals surface area contributed by atoms with Crippen LogP contribution in [0.1, 0.15) is 122 Å². The Morgan fingerprint density at radius 1 is 0.604 bits per heavy atom. The lowest BCUT2D eigenvalue weighted by Crippen LogP contribution is -2.41. The van der Waals surface area contributed by atoms with Gasteiger partial charge in [0, 0.05) is 61.1 Å². The minimum Gasteiger partial charge on any atom is -0.455 e. The first-order valence-electron chi connectivity index (χ1n) is 21.0. The molecule has 0 aliphatic heterocycles. The molecule has 5 aromatic heterocycles. The average Bonchev–Trinajstić information content (AvgIpc) is 3.90. The molecule has 5 heterocycles. The molecule has 0 saturated heterocycles. The first-order chi connectivity index (χ1) is 26.0. The number of para-hydroxylation sites is 1. The summed E-state index contributed by atoms with van der Waals surface area (Å²) < 4.78 is 9.97. The predicted molar refractivity (Wildman–Crippen MR) is 212 cm³/mol. The lowest BCUT2D eigenvalue weighted by atomic mass is 9.56. The fourth-order valence-corrected chi connectivity index (χ4v) is 15.8. The molecule has 7 bridgehead atoms. The highest BCUT2D eigenvalue weighted by Crippen LogP contribution is 2.76. The van der Waals surface area contributed by atoms with Crippen LogP contribution in [0, 0.1) is 42.9 Å². The van der Waals surface area contributed by atoms with Crippen molar-refractivity contribution in [1.82, 2.24) is 14.4 Å². The van der Waals surface area contributed by atoms with Gasteiger partial charge in [-0.25, -0.2) is 0 Å². The molecule has 53 heavy (non-hydrogen) atoms. The summed E-state index contributed by atoms with van der Waals surface area (Å²) in [5, 5.41) is 8.37. The van der Waals surface area contributed by atoms with Gasteiger partial charge in [-0.15, -0.1) is 0 Å². The predicted octanol–water partition coefficient (Wildman–Crippen LogP) is 12.6. The molecule has 16 rings (SSSR count). The van der Waals surface area contributed by atoms with Gasteiger partial charge in [-0.2, -0.15) is 0 Å². The molecular formula is C49H43N3O. The lowest BCUT2D eigenvalue weighted by Gasteiger charge is -2.48. The molecule has 7 atom stereocenters. The lowest BCUT2D eigenvalue weighted by molar-refractivity contribution is 0.00321. The second-order valence-electron chi connectivity index (χ2n) is 19.5. The number of rotatable bonds is 1. The molecule has 0 N–H and O–H groups in total. The molecule has 8 aliphatic rings. The number of benzene rings is 3. The highest BCUT2D eigenvalue weighted by Gasteiger charge is 2.66. The summed E-state index contributed by atoms with van der Waals surface area (Å²) in [6.45, 7) is 4.62. The van der Waals surface area contributed by atoms with Gasteiger partial charge in [-0.05, 0) is 153 Å². The van der Waals surface area contributed by atoms with E-state index in [0.717, 1.165) is 34.8 Å². The number of pyridine rings is 2. The van der Waals surface area contributed by atoms with Crippen LogP contribution < -0.4 is 0 Å². The molecule has 3 aromatic carbocycles. The minimum atomic E-state index is 0.581. The van der Waals surface area contributed by atoms with Crippen LogP contribution in [0.4, 0.5) is 0 Å². The maximum atomic E-state index is 7.30. The number of furan rings is 1. The molecule has 4 nitrogen and oxygen atoms in total. The largest absolute Gasteiger partial charge is 0.455 e. The molecule has 8 aliphatic carbocycles. The smallest absolute Gasteiger partial charge is 0.144 e. The summed E-state index contributed by atoms with van der Waals surface area (Å²) in [7, 11) is 0. The average molecular weight is 690 g/mol. The van der Waals surface area contributed by atoms with Gasteiger partial charge >= 0.3 is 0 Å². The van der Waals surface area contributed by atoms with Crippen molar-refractivity contribution in [2.24, 2.45) is 29.1 Å². The van der Waals surface area contributed by atoms with Crippen molar-refractivity contribution >= 4 is 60.0 Å². The molecule has 0 amide bonds. The second-order valence-corrected chi connectivity index (χ2v) is 19.5. The van der Waals surface area contributed by atoms with Gasteiger partial charge in [0.05, 0.1) is 28.9 Å². The van der Waals surface area contributed by atoms with Crippen LogP contribution in [0.3, 0.4) is 0 Å². The summed E-state index contributed by atoms with van der Waals surface area (Å²) >= 11 is 0. The van der Waals surface area contributed by atoms with Crippen molar-refractivity contribution in [3.05, 3.63) is 88.5 Å². The molecule has 5 saturated carbocycles. The summed E-state index contributed by atoms with van der Waals surface area (Å²) in [5.74, 6) is 5.92. The number of fused-ring (bicyclic) bond motifs is 16. The summed E-state index contributed by atoms with van der Waals surface area (Å²) in [4.78, 5) is 11.2. The van der Waals surface area contributed by atoms with E-state index in [1.807, 2.05) is 0 Å². The second kappa shape index (κ2) is 8.91. The third-order valence-electron chi connectivity index (χ3n) is 17.3. The Morgan fingerprint density at radius 3 is 2.06 bits per heavy atom. The van der Waals surface area contributed by atoms with Gasteiger partial charge in [-0.1, -0.05) is 36.4 Å². The number of hydrogen-bond donors (Lipinski definition) is 0. The van der Waals surface area contributed by atoms with Crippen molar-refractivity contribution < 1.29 is 4.42 Å². The van der Waals surface area contributed by atoms with Crippen molar-refractivity contribution in [3.8, 4) is 11.1 Å². The van der Waals surface area contributed by atoms with Crippen molar-refractivity contribution in [3.63, 3.8) is 0 Å². The van der Waals surface area contributed by atoms with E-state index >= 15 is 0 Å². The molecule has 7 unspecified atom stereocenters. The quantitative estimate of drug-likeness (QED) is 0.172. The van der Waals surface area contributed by atoms with Crippen LogP contribution in [-0.2, 0) is 0 Å². The van der Waals surface area contributed by atoms with Gasteiger partial charge in [-0.3, -0.25) is 9.97 Å². The molecule has 1 spiro atoms. The molecule has 260 valence electrons. The zero-order valence-corrected chi connectivity index (χ0v) is 30.6. The summed E-state index contributed by atoms with van der Waals surface area (Å²) in [6, 6.07) is 15.7. The number of aromatic nitrogens is 3. The van der Waals surface area contributed by atoms with E-state index in [1.165, 1.54) is 147 Å². The van der Waals surface area contributed by atoms with Crippen molar-refractivity contribution in [2.45, 2.75) is 102 Å². The summed E-state index contributed by atoms with van der Waals surface area (Å²) in [6.07, 6.45) is 18.3. The molecule has 0 radical (unpaired) electrons.